The fourth-order valence-electron chi connectivity index (χ4n) is 4.30. The molecule has 0 N–H and O–H groups in total. The van der Waals surface area contributed by atoms with Crippen LogP contribution in [0.1, 0.15) is 31.2 Å². The first-order chi connectivity index (χ1) is 16.5. The summed E-state index contributed by atoms with van der Waals surface area (Å²) in [6.45, 7) is 3.72. The standard InChI is InChI=1S/C26H22N2O5S/c1-4-32-25(30)21-15(2)27-26-28(24(29)20(34-26)14-17-9-7-13-33-17)23(21)22-18-10-6-5-8-16(18)11-12-19(22)31-3/h5-14,23H,4H2,1-3H3/b20-14-/t23-/m0/s1. The van der Waals surface area contributed by atoms with E-state index < -0.39 is 12.0 Å². The Morgan fingerprint density at radius 2 is 2.03 bits per heavy atom. The van der Waals surface area contributed by atoms with Crippen LogP contribution in [0, 0.1) is 0 Å². The van der Waals surface area contributed by atoms with E-state index in [-0.39, 0.29) is 12.2 Å². The summed E-state index contributed by atoms with van der Waals surface area (Å²) in [4.78, 5) is 32.0. The number of thiazole rings is 1. The van der Waals surface area contributed by atoms with Gasteiger partial charge in [0.1, 0.15) is 17.6 Å². The molecule has 2 aromatic carbocycles. The Morgan fingerprint density at radius 1 is 1.21 bits per heavy atom. The van der Waals surface area contributed by atoms with E-state index in [0.29, 0.717) is 37.7 Å². The molecule has 8 heteroatoms. The van der Waals surface area contributed by atoms with Gasteiger partial charge in [-0.1, -0.05) is 41.7 Å². The van der Waals surface area contributed by atoms with Crippen molar-refractivity contribution < 1.29 is 18.7 Å². The summed E-state index contributed by atoms with van der Waals surface area (Å²) in [5.74, 6) is 0.621. The van der Waals surface area contributed by atoms with Crippen molar-refractivity contribution in [2.24, 2.45) is 4.99 Å². The predicted molar refractivity (Wildman–Crippen MR) is 130 cm³/mol. The molecule has 1 aliphatic heterocycles. The lowest BCUT2D eigenvalue weighted by molar-refractivity contribution is -0.139. The monoisotopic (exact) mass is 474 g/mol. The van der Waals surface area contributed by atoms with Gasteiger partial charge in [-0.2, -0.15) is 0 Å². The molecule has 0 fully saturated rings. The number of fused-ring (bicyclic) bond motifs is 2. The largest absolute Gasteiger partial charge is 0.496 e. The van der Waals surface area contributed by atoms with Crippen molar-refractivity contribution in [2.75, 3.05) is 13.7 Å². The molecule has 0 aliphatic carbocycles. The smallest absolute Gasteiger partial charge is 0.338 e. The van der Waals surface area contributed by atoms with Crippen molar-refractivity contribution in [3.05, 3.63) is 97.1 Å². The first kappa shape index (κ1) is 21.9. The van der Waals surface area contributed by atoms with E-state index in [0.717, 1.165) is 10.8 Å². The number of aromatic nitrogens is 1. The van der Waals surface area contributed by atoms with Gasteiger partial charge in [0.25, 0.3) is 5.56 Å². The molecule has 4 aromatic rings. The molecule has 0 unspecified atom stereocenters. The predicted octanol–water partition coefficient (Wildman–Crippen LogP) is 3.55. The van der Waals surface area contributed by atoms with Crippen LogP contribution < -0.4 is 19.6 Å². The Kier molecular flexibility index (Phi) is 5.67. The Bertz CT molecular complexity index is 1610. The second-order valence-corrected chi connectivity index (χ2v) is 8.73. The van der Waals surface area contributed by atoms with Crippen LogP contribution in [0.5, 0.6) is 5.75 Å². The molecule has 5 rings (SSSR count). The average molecular weight is 475 g/mol. The summed E-state index contributed by atoms with van der Waals surface area (Å²) in [6, 6.07) is 14.4. The highest BCUT2D eigenvalue weighted by atomic mass is 32.1. The quantitative estimate of drug-likeness (QED) is 0.413. The van der Waals surface area contributed by atoms with Crippen molar-refractivity contribution in [1.82, 2.24) is 4.57 Å². The van der Waals surface area contributed by atoms with Crippen molar-refractivity contribution in [3.63, 3.8) is 0 Å². The maximum Gasteiger partial charge on any atom is 0.338 e. The molecular formula is C26H22N2O5S. The Labute approximate surface area is 198 Å². The number of rotatable bonds is 5. The number of nitrogens with zero attached hydrogens (tertiary/aromatic N) is 2. The highest BCUT2D eigenvalue weighted by Crippen LogP contribution is 2.40. The SMILES string of the molecule is CCOC(=O)C1=C(C)N=c2s/c(=C\c3ccco3)c(=O)n2[C@@H]1c1c(OC)ccc2ccccc12. The number of ether oxygens (including phenoxy) is 2. The van der Waals surface area contributed by atoms with Gasteiger partial charge in [0, 0.05) is 11.6 Å². The van der Waals surface area contributed by atoms with Crippen LogP contribution >= 0.6 is 11.3 Å². The first-order valence-electron chi connectivity index (χ1n) is 10.8. The molecule has 0 spiro atoms. The van der Waals surface area contributed by atoms with Crippen LogP contribution in [-0.2, 0) is 9.53 Å². The number of esters is 1. The first-order valence-corrected chi connectivity index (χ1v) is 11.6. The van der Waals surface area contributed by atoms with Crippen LogP contribution in [0.4, 0.5) is 0 Å². The molecule has 3 heterocycles. The number of methoxy groups -OCH3 is 1. The fourth-order valence-corrected chi connectivity index (χ4v) is 5.33. The number of carbonyl (C=O) groups excluding carboxylic acids is 1. The zero-order valence-electron chi connectivity index (χ0n) is 18.9. The van der Waals surface area contributed by atoms with Gasteiger partial charge in [-0.3, -0.25) is 9.36 Å². The normalized spacial score (nSPS) is 15.9. The summed E-state index contributed by atoms with van der Waals surface area (Å²) in [6.07, 6.45) is 3.24. The number of carbonyl (C=O) groups is 1. The minimum atomic E-state index is -0.768. The second-order valence-electron chi connectivity index (χ2n) is 7.72. The van der Waals surface area contributed by atoms with Crippen molar-refractivity contribution in [3.8, 4) is 5.75 Å². The van der Waals surface area contributed by atoms with Gasteiger partial charge in [-0.05, 0) is 42.8 Å². The molecule has 0 bridgehead atoms. The second kappa shape index (κ2) is 8.79. The van der Waals surface area contributed by atoms with Crippen LogP contribution in [0.25, 0.3) is 16.8 Å². The van der Waals surface area contributed by atoms with E-state index in [1.807, 2.05) is 36.4 Å². The van der Waals surface area contributed by atoms with Gasteiger partial charge in [0.2, 0.25) is 0 Å². The maximum atomic E-state index is 13.7. The van der Waals surface area contributed by atoms with E-state index in [9.17, 15) is 9.59 Å². The number of benzene rings is 2. The molecule has 172 valence electrons. The summed E-state index contributed by atoms with van der Waals surface area (Å²) in [7, 11) is 1.58. The van der Waals surface area contributed by atoms with Gasteiger partial charge in [-0.25, -0.2) is 9.79 Å². The maximum absolute atomic E-state index is 13.7. The summed E-state index contributed by atoms with van der Waals surface area (Å²) < 4.78 is 18.6. The van der Waals surface area contributed by atoms with Crippen molar-refractivity contribution in [1.29, 1.82) is 0 Å². The molecule has 34 heavy (non-hydrogen) atoms. The third-order valence-electron chi connectivity index (χ3n) is 5.76. The minimum absolute atomic E-state index is 0.206. The van der Waals surface area contributed by atoms with Gasteiger partial charge in [0.05, 0.1) is 35.8 Å². The molecule has 0 amide bonds. The lowest BCUT2D eigenvalue weighted by atomic mass is 9.90. The fraction of sp³-hybridized carbons (Fsp3) is 0.192. The molecule has 0 saturated heterocycles. The van der Waals surface area contributed by atoms with Crippen LogP contribution in [0.2, 0.25) is 0 Å². The van der Waals surface area contributed by atoms with Crippen LogP contribution in [-0.4, -0.2) is 24.3 Å². The lowest BCUT2D eigenvalue weighted by Crippen LogP contribution is -2.40. The lowest BCUT2D eigenvalue weighted by Gasteiger charge is -2.27. The highest BCUT2D eigenvalue weighted by molar-refractivity contribution is 7.07. The number of furan rings is 1. The molecule has 1 atom stereocenters. The van der Waals surface area contributed by atoms with E-state index in [2.05, 4.69) is 4.99 Å². The van der Waals surface area contributed by atoms with Crippen LogP contribution in [0.15, 0.2) is 80.3 Å². The Hall–Kier alpha value is -3.91. The van der Waals surface area contributed by atoms with Crippen LogP contribution in [0.3, 0.4) is 0 Å². The molecule has 0 radical (unpaired) electrons. The third-order valence-corrected chi connectivity index (χ3v) is 6.74. The molecule has 2 aromatic heterocycles. The van der Waals surface area contributed by atoms with Gasteiger partial charge >= 0.3 is 5.97 Å². The molecule has 7 nitrogen and oxygen atoms in total. The number of allylic oxidation sites excluding steroid dienone is 1. The van der Waals surface area contributed by atoms with E-state index in [4.69, 9.17) is 13.9 Å². The highest BCUT2D eigenvalue weighted by Gasteiger charge is 2.36. The number of hydrogen-bond acceptors (Lipinski definition) is 7. The Balaban J connectivity index is 1.87. The summed E-state index contributed by atoms with van der Waals surface area (Å²) >= 11 is 1.25. The third kappa shape index (κ3) is 3.56. The van der Waals surface area contributed by atoms with Crippen molar-refractivity contribution >= 4 is 34.2 Å². The zero-order valence-corrected chi connectivity index (χ0v) is 19.7. The van der Waals surface area contributed by atoms with E-state index >= 15 is 0 Å². The molecule has 1 aliphatic rings. The van der Waals surface area contributed by atoms with Gasteiger partial charge < -0.3 is 13.9 Å². The minimum Gasteiger partial charge on any atom is -0.496 e. The molecule has 0 saturated carbocycles. The Morgan fingerprint density at radius 3 is 2.76 bits per heavy atom. The summed E-state index contributed by atoms with van der Waals surface area (Å²) in [5.41, 5.74) is 1.26. The van der Waals surface area contributed by atoms with E-state index in [1.54, 1.807) is 50.0 Å². The average Bonchev–Trinajstić information content (AvgIpc) is 3.45. The zero-order chi connectivity index (χ0) is 23.8. The van der Waals surface area contributed by atoms with Gasteiger partial charge in [0.15, 0.2) is 4.80 Å². The van der Waals surface area contributed by atoms with E-state index in [1.165, 1.54) is 11.3 Å². The van der Waals surface area contributed by atoms with Crippen molar-refractivity contribution in [2.45, 2.75) is 19.9 Å². The summed E-state index contributed by atoms with van der Waals surface area (Å²) in [5, 5.41) is 1.85. The van der Waals surface area contributed by atoms with Gasteiger partial charge in [-0.15, -0.1) is 0 Å². The molecular weight excluding hydrogens is 452 g/mol. The number of hydrogen-bond donors (Lipinski definition) is 0. The topological polar surface area (TPSA) is 83.0 Å².